The molecule has 2 aromatic heterocycles. The van der Waals surface area contributed by atoms with Crippen molar-refractivity contribution in [1.82, 2.24) is 9.97 Å². The van der Waals surface area contributed by atoms with Gasteiger partial charge in [0, 0.05) is 27.9 Å². The molecule has 0 saturated carbocycles. The Bertz CT molecular complexity index is 2180. The molecule has 4 aromatic carbocycles. The zero-order chi connectivity index (χ0) is 26.2. The fourth-order valence-electron chi connectivity index (χ4n) is 6.43. The van der Waals surface area contributed by atoms with Crippen molar-refractivity contribution in [3.63, 3.8) is 0 Å². The summed E-state index contributed by atoms with van der Waals surface area (Å²) in [5, 5.41) is 8.29. The zero-order valence-electron chi connectivity index (χ0n) is 21.8. The number of fused-ring (bicyclic) bond motifs is 18. The predicted octanol–water partition coefficient (Wildman–Crippen LogP) is 3.83. The minimum atomic E-state index is -0.123. The Morgan fingerprint density at radius 2 is 0.805 bits per heavy atom. The summed E-state index contributed by atoms with van der Waals surface area (Å²) in [6.45, 7) is 0. The SMILES string of the molecule is C1=c2\[n-]/c(c3ccccc23)=C\C2N=C(/C=c3\[n-]/c(c4ccccc34)=C\C3N=C/1c1ccccc13)c1ccccc12.[Co]. The van der Waals surface area contributed by atoms with Crippen molar-refractivity contribution in [3.8, 4) is 0 Å². The molecule has 4 nitrogen and oxygen atoms in total. The van der Waals surface area contributed by atoms with Gasteiger partial charge in [-0.05, 0) is 32.7 Å². The van der Waals surface area contributed by atoms with Crippen molar-refractivity contribution < 1.29 is 16.8 Å². The molecule has 2 atom stereocenters. The van der Waals surface area contributed by atoms with Crippen molar-refractivity contribution in [3.05, 3.63) is 141 Å². The van der Waals surface area contributed by atoms with Gasteiger partial charge in [-0.3, -0.25) is 9.98 Å². The summed E-state index contributed by atoms with van der Waals surface area (Å²) in [6.07, 6.45) is 8.69. The molecule has 1 radical (unpaired) electrons. The van der Waals surface area contributed by atoms with Crippen LogP contribution < -0.4 is 31.4 Å². The third-order valence-electron chi connectivity index (χ3n) is 8.29. The van der Waals surface area contributed by atoms with E-state index in [-0.39, 0.29) is 28.9 Å². The van der Waals surface area contributed by atoms with Crippen molar-refractivity contribution in [2.45, 2.75) is 12.1 Å². The molecule has 2 unspecified atom stereocenters. The Hall–Kier alpha value is -4.71. The van der Waals surface area contributed by atoms with Crippen LogP contribution in [0.1, 0.15) is 34.3 Å². The Labute approximate surface area is 246 Å². The molecule has 8 bridgehead atoms. The molecule has 0 aliphatic carbocycles. The summed E-state index contributed by atoms with van der Waals surface area (Å²) in [4.78, 5) is 20.8. The first-order valence-electron chi connectivity index (χ1n) is 13.6. The quantitative estimate of drug-likeness (QED) is 0.279. The van der Waals surface area contributed by atoms with Gasteiger partial charge < -0.3 is 9.97 Å². The molecule has 0 N–H and O–H groups in total. The molecule has 3 aliphatic heterocycles. The smallest absolute Gasteiger partial charge is 0.0935 e. The number of aromatic nitrogens is 2. The van der Waals surface area contributed by atoms with E-state index >= 15 is 0 Å². The van der Waals surface area contributed by atoms with Crippen molar-refractivity contribution in [2.24, 2.45) is 9.98 Å². The second kappa shape index (κ2) is 9.16. The van der Waals surface area contributed by atoms with E-state index in [9.17, 15) is 0 Å². The fourth-order valence-corrected chi connectivity index (χ4v) is 6.43. The third-order valence-corrected chi connectivity index (χ3v) is 8.29. The summed E-state index contributed by atoms with van der Waals surface area (Å²) in [5.41, 5.74) is 6.57. The van der Waals surface area contributed by atoms with Gasteiger partial charge in [0.25, 0.3) is 0 Å². The average Bonchev–Trinajstić information content (AvgIpc) is 3.73. The topological polar surface area (TPSA) is 52.9 Å². The van der Waals surface area contributed by atoms with Gasteiger partial charge >= 0.3 is 0 Å². The molecule has 3 aliphatic rings. The van der Waals surface area contributed by atoms with Crippen LogP contribution in [0.2, 0.25) is 0 Å². The number of benzene rings is 4. The third kappa shape index (κ3) is 3.66. The summed E-state index contributed by atoms with van der Waals surface area (Å²) in [6, 6.07) is 33.7. The molecule has 5 heterocycles. The fraction of sp³-hybridized carbons (Fsp3) is 0.0556. The molecule has 0 amide bonds. The molecular formula is C36H22CoN4-2. The van der Waals surface area contributed by atoms with Gasteiger partial charge in [0.15, 0.2) is 0 Å². The van der Waals surface area contributed by atoms with Gasteiger partial charge in [-0.25, -0.2) is 0 Å². The molecule has 41 heavy (non-hydrogen) atoms. The van der Waals surface area contributed by atoms with Crippen molar-refractivity contribution in [2.75, 3.05) is 0 Å². The van der Waals surface area contributed by atoms with Gasteiger partial charge in [-0.15, -0.1) is 21.4 Å². The minimum absolute atomic E-state index is 0. The molecule has 9 rings (SSSR count). The van der Waals surface area contributed by atoms with E-state index in [1.807, 2.05) is 0 Å². The summed E-state index contributed by atoms with van der Waals surface area (Å²) >= 11 is 0. The van der Waals surface area contributed by atoms with Gasteiger partial charge in [0.2, 0.25) is 0 Å². The minimum Gasteiger partial charge on any atom is -0.657 e. The number of hydrogen-bond acceptors (Lipinski definition) is 2. The Morgan fingerprint density at radius 1 is 0.439 bits per heavy atom. The second-order valence-electron chi connectivity index (χ2n) is 10.6. The predicted molar refractivity (Wildman–Crippen MR) is 162 cm³/mol. The van der Waals surface area contributed by atoms with Crippen LogP contribution >= 0.6 is 0 Å². The molecule has 6 aromatic rings. The Morgan fingerprint density at radius 3 is 1.24 bits per heavy atom. The first-order chi connectivity index (χ1) is 19.8. The van der Waals surface area contributed by atoms with E-state index in [0.717, 1.165) is 65.5 Å². The zero-order valence-corrected chi connectivity index (χ0v) is 22.9. The van der Waals surface area contributed by atoms with Gasteiger partial charge in [0.1, 0.15) is 0 Å². The maximum absolute atomic E-state index is 5.22. The largest absolute Gasteiger partial charge is 0.657 e. The monoisotopic (exact) mass is 569 g/mol. The standard InChI is InChI=1S/C36H22N4.Co/c1-2-10-22-21(9-1)29-17-31-23-11-3-4-12-24(23)33(38-31)19-35-27-15-7-8-16-28(27)36(40-35)20-34-26-14-6-5-13-25(26)32(39-34)18-30(22)37-29;/h1-20,29,36H;/q-2;/b31-17-,32-18-,33-19-,34-20-;. The van der Waals surface area contributed by atoms with E-state index < -0.39 is 0 Å². The maximum Gasteiger partial charge on any atom is 0.0935 e. The summed E-state index contributed by atoms with van der Waals surface area (Å²) in [7, 11) is 0. The van der Waals surface area contributed by atoms with Crippen LogP contribution in [0.15, 0.2) is 107 Å². The molecule has 197 valence electrons. The number of aliphatic imine (C=N–C) groups is 2. The van der Waals surface area contributed by atoms with Gasteiger partial charge in [-0.2, -0.15) is 0 Å². The van der Waals surface area contributed by atoms with E-state index in [0.29, 0.717) is 0 Å². The number of rotatable bonds is 0. The van der Waals surface area contributed by atoms with Crippen LogP contribution in [-0.4, -0.2) is 11.4 Å². The molecule has 0 spiro atoms. The summed E-state index contributed by atoms with van der Waals surface area (Å²) < 4.78 is 0. The first-order valence-corrected chi connectivity index (χ1v) is 13.6. The molecule has 5 heteroatoms. The van der Waals surface area contributed by atoms with E-state index in [4.69, 9.17) is 20.0 Å². The first kappa shape index (κ1) is 24.1. The molecule has 0 saturated heterocycles. The Balaban J connectivity index is 0.00000256. The van der Waals surface area contributed by atoms with E-state index in [2.05, 4.69) is 121 Å². The van der Waals surface area contributed by atoms with Crippen LogP contribution in [0, 0.1) is 0 Å². The second-order valence-corrected chi connectivity index (χ2v) is 10.6. The van der Waals surface area contributed by atoms with Crippen LogP contribution in [-0.2, 0) is 16.8 Å². The number of nitrogens with zero attached hydrogens (tertiary/aromatic N) is 4. The van der Waals surface area contributed by atoms with Crippen LogP contribution in [0.5, 0.6) is 0 Å². The number of hydrogen-bond donors (Lipinski definition) is 0. The van der Waals surface area contributed by atoms with Crippen molar-refractivity contribution >= 4 is 57.3 Å². The van der Waals surface area contributed by atoms with Crippen LogP contribution in [0.25, 0.3) is 45.8 Å². The maximum atomic E-state index is 5.22. The van der Waals surface area contributed by atoms with Crippen LogP contribution in [0.3, 0.4) is 0 Å². The van der Waals surface area contributed by atoms with E-state index in [1.165, 1.54) is 11.1 Å². The van der Waals surface area contributed by atoms with Gasteiger partial charge in [0.05, 0.1) is 23.5 Å². The van der Waals surface area contributed by atoms with E-state index in [1.54, 1.807) is 0 Å². The average molecular weight is 570 g/mol. The Kier molecular flexibility index (Phi) is 5.39. The van der Waals surface area contributed by atoms with Crippen molar-refractivity contribution in [1.29, 1.82) is 0 Å². The molecule has 0 fully saturated rings. The summed E-state index contributed by atoms with van der Waals surface area (Å²) in [5.74, 6) is 0. The van der Waals surface area contributed by atoms with Crippen LogP contribution in [0.4, 0.5) is 0 Å². The van der Waals surface area contributed by atoms with Gasteiger partial charge in [-0.1, -0.05) is 121 Å². The normalized spacial score (nSPS) is 21.5. The molecular weight excluding hydrogens is 547 g/mol.